The number of hydrogen-bond acceptors (Lipinski definition) is 1. The van der Waals surface area contributed by atoms with Gasteiger partial charge in [0.05, 0.1) is 0 Å². The van der Waals surface area contributed by atoms with Crippen molar-refractivity contribution in [3.63, 3.8) is 0 Å². The van der Waals surface area contributed by atoms with Crippen molar-refractivity contribution < 1.29 is 4.79 Å². The summed E-state index contributed by atoms with van der Waals surface area (Å²) in [5.74, 6) is 1.62. The zero-order valence-electron chi connectivity index (χ0n) is 11.9. The molecule has 1 fully saturated rings. The summed E-state index contributed by atoms with van der Waals surface area (Å²) in [7, 11) is 0. The lowest BCUT2D eigenvalue weighted by molar-refractivity contribution is -0.121. The second-order valence-electron chi connectivity index (χ2n) is 6.23. The second-order valence-corrected chi connectivity index (χ2v) is 6.23. The molecule has 3 unspecified atom stereocenters. The first-order valence-electron chi connectivity index (χ1n) is 7.64. The Balaban J connectivity index is 1.81. The average molecular weight is 249 g/mol. The molecule has 0 aromatic carbocycles. The third-order valence-corrected chi connectivity index (χ3v) is 4.83. The predicted molar refractivity (Wildman–Crippen MR) is 75.3 cm³/mol. The van der Waals surface area contributed by atoms with Gasteiger partial charge in [0.25, 0.3) is 0 Å². The van der Waals surface area contributed by atoms with Gasteiger partial charge in [-0.05, 0) is 43.9 Å². The molecule has 1 saturated carbocycles. The molecule has 2 aliphatic rings. The fraction of sp³-hybridized carbons (Fsp3) is 0.812. The topological polar surface area (TPSA) is 29.1 Å². The van der Waals surface area contributed by atoms with Gasteiger partial charge in [-0.2, -0.15) is 0 Å². The molecule has 2 aliphatic carbocycles. The number of nitrogens with one attached hydrogen (secondary N) is 1. The maximum absolute atomic E-state index is 12.1. The van der Waals surface area contributed by atoms with E-state index >= 15 is 0 Å². The van der Waals surface area contributed by atoms with Crippen LogP contribution in [0.25, 0.3) is 0 Å². The van der Waals surface area contributed by atoms with E-state index < -0.39 is 0 Å². The molecular formula is C16H27NO. The third kappa shape index (κ3) is 3.60. The van der Waals surface area contributed by atoms with Crippen LogP contribution in [-0.4, -0.2) is 11.9 Å². The lowest BCUT2D eigenvalue weighted by atomic mass is 9.78. The fourth-order valence-corrected chi connectivity index (χ4v) is 3.31. The van der Waals surface area contributed by atoms with Crippen LogP contribution in [0.1, 0.15) is 65.2 Å². The standard InChI is InChI=1S/C16H27NO/c1-12-7-6-10-15(13(12)2)17-16(18)11-14-8-4-3-5-9-14/h8,12-13,15H,3-7,9-11H2,1-2H3,(H,17,18). The number of amides is 1. The highest BCUT2D eigenvalue weighted by atomic mass is 16.1. The van der Waals surface area contributed by atoms with Crippen molar-refractivity contribution in [3.8, 4) is 0 Å². The van der Waals surface area contributed by atoms with E-state index in [-0.39, 0.29) is 5.91 Å². The number of rotatable bonds is 3. The van der Waals surface area contributed by atoms with Crippen LogP contribution in [0.3, 0.4) is 0 Å². The van der Waals surface area contributed by atoms with E-state index in [0.29, 0.717) is 18.4 Å². The minimum Gasteiger partial charge on any atom is -0.353 e. The molecule has 2 heteroatoms. The van der Waals surface area contributed by atoms with Gasteiger partial charge in [0.15, 0.2) is 0 Å². The third-order valence-electron chi connectivity index (χ3n) is 4.83. The van der Waals surface area contributed by atoms with Gasteiger partial charge in [0.1, 0.15) is 0 Å². The average Bonchev–Trinajstić information content (AvgIpc) is 2.36. The first-order chi connectivity index (χ1) is 8.66. The molecular weight excluding hydrogens is 222 g/mol. The van der Waals surface area contributed by atoms with Crippen molar-refractivity contribution in [2.24, 2.45) is 11.8 Å². The summed E-state index contributed by atoms with van der Waals surface area (Å²) in [6, 6.07) is 0.408. The van der Waals surface area contributed by atoms with Crippen LogP contribution in [0.2, 0.25) is 0 Å². The minimum absolute atomic E-state index is 0.245. The molecule has 1 N–H and O–H groups in total. The Bertz CT molecular complexity index is 321. The van der Waals surface area contributed by atoms with Crippen LogP contribution in [0.5, 0.6) is 0 Å². The Hall–Kier alpha value is -0.790. The first kappa shape index (κ1) is 13.6. The fourth-order valence-electron chi connectivity index (χ4n) is 3.31. The summed E-state index contributed by atoms with van der Waals surface area (Å²) < 4.78 is 0. The molecule has 0 spiro atoms. The van der Waals surface area contributed by atoms with Crippen LogP contribution in [0, 0.1) is 11.8 Å². The Morgan fingerprint density at radius 3 is 2.83 bits per heavy atom. The molecule has 0 saturated heterocycles. The van der Waals surface area contributed by atoms with Gasteiger partial charge >= 0.3 is 0 Å². The van der Waals surface area contributed by atoms with E-state index in [1.54, 1.807) is 0 Å². The van der Waals surface area contributed by atoms with Crippen LogP contribution in [-0.2, 0) is 4.79 Å². The zero-order valence-corrected chi connectivity index (χ0v) is 11.9. The number of carbonyl (C=O) groups is 1. The van der Waals surface area contributed by atoms with E-state index in [0.717, 1.165) is 18.8 Å². The van der Waals surface area contributed by atoms with Gasteiger partial charge in [-0.15, -0.1) is 0 Å². The molecule has 3 atom stereocenters. The smallest absolute Gasteiger partial charge is 0.224 e. The maximum Gasteiger partial charge on any atom is 0.224 e. The molecule has 0 aromatic heterocycles. The summed E-state index contributed by atoms with van der Waals surface area (Å²) in [5, 5.41) is 3.27. The molecule has 2 rings (SSSR count). The van der Waals surface area contributed by atoms with Crippen molar-refractivity contribution in [2.45, 2.75) is 71.3 Å². The Labute approximate surface area is 111 Å². The Morgan fingerprint density at radius 1 is 1.28 bits per heavy atom. The van der Waals surface area contributed by atoms with E-state index in [1.165, 1.54) is 37.7 Å². The zero-order chi connectivity index (χ0) is 13.0. The van der Waals surface area contributed by atoms with Gasteiger partial charge in [-0.25, -0.2) is 0 Å². The Kier molecular flexibility index (Phi) is 4.85. The van der Waals surface area contributed by atoms with Crippen LogP contribution in [0.4, 0.5) is 0 Å². The van der Waals surface area contributed by atoms with Gasteiger partial charge in [0.2, 0.25) is 5.91 Å². The molecule has 0 heterocycles. The van der Waals surface area contributed by atoms with E-state index in [9.17, 15) is 4.79 Å². The summed E-state index contributed by atoms with van der Waals surface area (Å²) in [5.41, 5.74) is 1.36. The number of carbonyl (C=O) groups excluding carboxylic acids is 1. The highest BCUT2D eigenvalue weighted by Crippen LogP contribution is 2.29. The van der Waals surface area contributed by atoms with Crippen molar-refractivity contribution in [3.05, 3.63) is 11.6 Å². The van der Waals surface area contributed by atoms with Gasteiger partial charge in [0, 0.05) is 12.5 Å². The monoisotopic (exact) mass is 249 g/mol. The maximum atomic E-state index is 12.1. The second kappa shape index (κ2) is 6.40. The minimum atomic E-state index is 0.245. The first-order valence-corrected chi connectivity index (χ1v) is 7.64. The quantitative estimate of drug-likeness (QED) is 0.757. The molecule has 1 amide bonds. The van der Waals surface area contributed by atoms with E-state index in [1.807, 2.05) is 0 Å². The van der Waals surface area contributed by atoms with E-state index in [2.05, 4.69) is 25.2 Å². The molecule has 0 bridgehead atoms. The summed E-state index contributed by atoms with van der Waals surface area (Å²) in [6.45, 7) is 4.60. The number of hydrogen-bond donors (Lipinski definition) is 1. The largest absolute Gasteiger partial charge is 0.353 e. The van der Waals surface area contributed by atoms with Crippen molar-refractivity contribution in [1.82, 2.24) is 5.32 Å². The Morgan fingerprint density at radius 2 is 2.11 bits per heavy atom. The molecule has 2 nitrogen and oxygen atoms in total. The number of allylic oxidation sites excluding steroid dienone is 1. The molecule has 0 aromatic rings. The van der Waals surface area contributed by atoms with Gasteiger partial charge in [-0.3, -0.25) is 4.79 Å². The van der Waals surface area contributed by atoms with Gasteiger partial charge in [-0.1, -0.05) is 38.3 Å². The van der Waals surface area contributed by atoms with Crippen molar-refractivity contribution in [2.75, 3.05) is 0 Å². The highest BCUT2D eigenvalue weighted by molar-refractivity contribution is 5.78. The summed E-state index contributed by atoms with van der Waals surface area (Å²) in [4.78, 5) is 12.1. The van der Waals surface area contributed by atoms with Gasteiger partial charge < -0.3 is 5.32 Å². The predicted octanol–water partition coefficient (Wildman–Crippen LogP) is 3.82. The lowest BCUT2D eigenvalue weighted by Crippen LogP contribution is -2.43. The van der Waals surface area contributed by atoms with Crippen LogP contribution >= 0.6 is 0 Å². The molecule has 102 valence electrons. The molecule has 18 heavy (non-hydrogen) atoms. The van der Waals surface area contributed by atoms with Crippen molar-refractivity contribution >= 4 is 5.91 Å². The summed E-state index contributed by atoms with van der Waals surface area (Å²) >= 11 is 0. The lowest BCUT2D eigenvalue weighted by Gasteiger charge is -2.34. The van der Waals surface area contributed by atoms with Crippen LogP contribution in [0.15, 0.2) is 11.6 Å². The van der Waals surface area contributed by atoms with Crippen molar-refractivity contribution in [1.29, 1.82) is 0 Å². The van der Waals surface area contributed by atoms with Crippen LogP contribution < -0.4 is 5.32 Å². The van der Waals surface area contributed by atoms with E-state index in [4.69, 9.17) is 0 Å². The SMILES string of the molecule is CC1CCCC(NC(=O)CC2=CCCCC2)C1C. The highest BCUT2D eigenvalue weighted by Gasteiger charge is 2.28. The summed E-state index contributed by atoms with van der Waals surface area (Å²) in [6.07, 6.45) is 11.5. The normalized spacial score (nSPS) is 32.8. The molecule has 0 radical (unpaired) electrons. The molecule has 0 aliphatic heterocycles.